The zero-order valence-electron chi connectivity index (χ0n) is 10.9. The smallest absolute Gasteiger partial charge is 0.262 e. The number of aliphatic hydroxyl groups is 1. The molecule has 0 aliphatic rings. The second-order valence-corrected chi connectivity index (χ2v) is 3.95. The molecule has 20 heavy (non-hydrogen) atoms. The molecule has 2 aromatic rings. The maximum Gasteiger partial charge on any atom is 0.262 e. The molecule has 102 valence electrons. The third-order valence-electron chi connectivity index (χ3n) is 2.47. The molecule has 0 aliphatic heterocycles. The van der Waals surface area contributed by atoms with Gasteiger partial charge < -0.3 is 14.9 Å². The summed E-state index contributed by atoms with van der Waals surface area (Å²) in [5.74, 6) is 6.18. The van der Waals surface area contributed by atoms with Gasteiger partial charge in [-0.25, -0.2) is 4.98 Å². The molecule has 0 aromatic carbocycles. The second kappa shape index (κ2) is 6.50. The zero-order valence-corrected chi connectivity index (χ0v) is 10.9. The molecule has 0 radical (unpaired) electrons. The van der Waals surface area contributed by atoms with Crippen LogP contribution in [0.2, 0.25) is 0 Å². The first-order chi connectivity index (χ1) is 9.70. The monoisotopic (exact) mass is 271 g/mol. The molecule has 0 bridgehead atoms. The first-order valence-corrected chi connectivity index (χ1v) is 5.99. The number of rotatable bonds is 3. The fourth-order valence-electron chi connectivity index (χ4n) is 1.50. The highest BCUT2D eigenvalue weighted by molar-refractivity contribution is 6.04. The van der Waals surface area contributed by atoms with E-state index >= 15 is 0 Å². The van der Waals surface area contributed by atoms with E-state index in [1.165, 1.54) is 6.20 Å². The molecule has 6 nitrogen and oxygen atoms in total. The maximum absolute atomic E-state index is 11.9. The highest BCUT2D eigenvalue weighted by Crippen LogP contribution is 2.11. The minimum absolute atomic E-state index is 0.0223. The Bertz CT molecular complexity index is 668. The summed E-state index contributed by atoms with van der Waals surface area (Å²) in [6.45, 7) is 1.68. The van der Waals surface area contributed by atoms with E-state index in [0.717, 1.165) is 0 Å². The number of nitrogens with one attached hydrogen (secondary N) is 1. The van der Waals surface area contributed by atoms with Crippen LogP contribution in [0.25, 0.3) is 0 Å². The van der Waals surface area contributed by atoms with Gasteiger partial charge in [0.15, 0.2) is 0 Å². The van der Waals surface area contributed by atoms with Gasteiger partial charge in [-0.1, -0.05) is 17.0 Å². The lowest BCUT2D eigenvalue weighted by Gasteiger charge is -2.02. The van der Waals surface area contributed by atoms with E-state index in [2.05, 4.69) is 27.3 Å². The summed E-state index contributed by atoms with van der Waals surface area (Å²) in [6.07, 6.45) is 3.32. The van der Waals surface area contributed by atoms with E-state index < -0.39 is 0 Å². The summed E-state index contributed by atoms with van der Waals surface area (Å²) < 4.78 is 4.84. The van der Waals surface area contributed by atoms with Crippen molar-refractivity contribution in [2.45, 2.75) is 13.3 Å². The van der Waals surface area contributed by atoms with Crippen molar-refractivity contribution >= 4 is 11.7 Å². The molecular weight excluding hydrogens is 258 g/mol. The van der Waals surface area contributed by atoms with Crippen LogP contribution in [0.4, 0.5) is 5.82 Å². The number of carbonyl (C=O) groups excluding carboxylic acids is 1. The van der Waals surface area contributed by atoms with Crippen molar-refractivity contribution in [2.75, 3.05) is 11.9 Å². The van der Waals surface area contributed by atoms with Crippen molar-refractivity contribution < 1.29 is 14.4 Å². The number of hydrogen-bond donors (Lipinski definition) is 2. The minimum atomic E-state index is -0.336. The maximum atomic E-state index is 11.9. The van der Waals surface area contributed by atoms with Crippen LogP contribution in [0.3, 0.4) is 0 Å². The van der Waals surface area contributed by atoms with Gasteiger partial charge in [0, 0.05) is 18.2 Å². The van der Waals surface area contributed by atoms with E-state index in [1.807, 2.05) is 0 Å². The van der Waals surface area contributed by atoms with Crippen molar-refractivity contribution in [1.29, 1.82) is 0 Å². The van der Waals surface area contributed by atoms with Crippen LogP contribution in [0.5, 0.6) is 0 Å². The van der Waals surface area contributed by atoms with E-state index in [4.69, 9.17) is 9.63 Å². The Labute approximate surface area is 115 Å². The molecular formula is C14H13N3O3. The average Bonchev–Trinajstić information content (AvgIpc) is 2.86. The fraction of sp³-hybridized carbons (Fsp3) is 0.214. The van der Waals surface area contributed by atoms with E-state index in [1.54, 1.807) is 25.3 Å². The molecule has 0 unspecified atom stereocenters. The van der Waals surface area contributed by atoms with E-state index in [9.17, 15) is 4.79 Å². The van der Waals surface area contributed by atoms with Gasteiger partial charge in [-0.15, -0.1) is 0 Å². The Morgan fingerprint density at radius 3 is 3.10 bits per heavy atom. The highest BCUT2D eigenvalue weighted by atomic mass is 16.5. The van der Waals surface area contributed by atoms with Crippen LogP contribution in [-0.4, -0.2) is 27.8 Å². The molecule has 0 aliphatic carbocycles. The number of aromatic nitrogens is 2. The Kier molecular flexibility index (Phi) is 4.47. The van der Waals surface area contributed by atoms with Crippen LogP contribution in [0.1, 0.15) is 28.1 Å². The number of anilines is 1. The number of aliphatic hydroxyl groups excluding tert-OH is 1. The largest absolute Gasteiger partial charge is 0.395 e. The molecule has 1 amide bonds. The summed E-state index contributed by atoms with van der Waals surface area (Å²) in [6, 6.07) is 3.38. The lowest BCUT2D eigenvalue weighted by molar-refractivity contribution is 0.102. The van der Waals surface area contributed by atoms with Gasteiger partial charge in [-0.05, 0) is 19.1 Å². The number of nitrogens with zero attached hydrogens (tertiary/aromatic N) is 2. The normalized spacial score (nSPS) is 9.70. The first kappa shape index (κ1) is 13.8. The summed E-state index contributed by atoms with van der Waals surface area (Å²) >= 11 is 0. The molecule has 0 saturated heterocycles. The third kappa shape index (κ3) is 3.43. The highest BCUT2D eigenvalue weighted by Gasteiger charge is 2.13. The molecule has 6 heteroatoms. The predicted octanol–water partition coefficient (Wildman–Crippen LogP) is 1.36. The standard InChI is InChI=1S/C14H13N3O3/c1-10-12(9-16-20-10)14(19)17-13-8-11(5-6-15-13)4-2-3-7-18/h5-6,8-9,18H,3,7H2,1H3,(H,15,17,19). The van der Waals surface area contributed by atoms with Crippen molar-refractivity contribution in [3.63, 3.8) is 0 Å². The summed E-state index contributed by atoms with van der Waals surface area (Å²) in [4.78, 5) is 16.0. The van der Waals surface area contributed by atoms with Gasteiger partial charge in [-0.2, -0.15) is 0 Å². The van der Waals surface area contributed by atoms with Crippen LogP contribution in [0.15, 0.2) is 29.0 Å². The molecule has 2 aromatic heterocycles. The quantitative estimate of drug-likeness (QED) is 0.823. The number of carbonyl (C=O) groups is 1. The number of hydrogen-bond acceptors (Lipinski definition) is 5. The number of amides is 1. The lowest BCUT2D eigenvalue weighted by atomic mass is 10.2. The lowest BCUT2D eigenvalue weighted by Crippen LogP contribution is -2.13. The third-order valence-corrected chi connectivity index (χ3v) is 2.47. The van der Waals surface area contributed by atoms with Crippen LogP contribution in [-0.2, 0) is 0 Å². The van der Waals surface area contributed by atoms with Crippen LogP contribution in [0, 0.1) is 18.8 Å². The molecule has 0 spiro atoms. The Morgan fingerprint density at radius 2 is 2.40 bits per heavy atom. The minimum Gasteiger partial charge on any atom is -0.395 e. The Hall–Kier alpha value is -2.65. The van der Waals surface area contributed by atoms with Crippen molar-refractivity contribution in [3.8, 4) is 11.8 Å². The molecule has 0 fully saturated rings. The van der Waals surface area contributed by atoms with Gasteiger partial charge in [-0.3, -0.25) is 4.79 Å². The summed E-state index contributed by atoms with van der Waals surface area (Å²) in [5.41, 5.74) is 1.08. The molecule has 2 N–H and O–H groups in total. The molecule has 0 atom stereocenters. The SMILES string of the molecule is Cc1oncc1C(=O)Nc1cc(C#CCCO)ccn1. The van der Waals surface area contributed by atoms with E-state index in [0.29, 0.717) is 29.1 Å². The van der Waals surface area contributed by atoms with Gasteiger partial charge in [0.1, 0.15) is 17.1 Å². The first-order valence-electron chi connectivity index (χ1n) is 5.99. The van der Waals surface area contributed by atoms with Gasteiger partial charge in [0.25, 0.3) is 5.91 Å². The van der Waals surface area contributed by atoms with E-state index in [-0.39, 0.29) is 12.5 Å². The van der Waals surface area contributed by atoms with Crippen molar-refractivity contribution in [1.82, 2.24) is 10.1 Å². The van der Waals surface area contributed by atoms with Crippen molar-refractivity contribution in [3.05, 3.63) is 41.4 Å². The Balaban J connectivity index is 2.11. The summed E-state index contributed by atoms with van der Waals surface area (Å²) in [5, 5.41) is 14.9. The van der Waals surface area contributed by atoms with Crippen molar-refractivity contribution in [2.24, 2.45) is 0 Å². The van der Waals surface area contributed by atoms with Gasteiger partial charge in [0.05, 0.1) is 12.8 Å². The van der Waals surface area contributed by atoms with Crippen LogP contribution >= 0.6 is 0 Å². The number of pyridine rings is 1. The number of aryl methyl sites for hydroxylation is 1. The van der Waals surface area contributed by atoms with Crippen LogP contribution < -0.4 is 5.32 Å². The topological polar surface area (TPSA) is 88.2 Å². The Morgan fingerprint density at radius 1 is 1.55 bits per heavy atom. The average molecular weight is 271 g/mol. The molecule has 0 saturated carbocycles. The van der Waals surface area contributed by atoms with Gasteiger partial charge >= 0.3 is 0 Å². The molecule has 2 heterocycles. The summed E-state index contributed by atoms with van der Waals surface area (Å²) in [7, 11) is 0. The molecule has 2 rings (SSSR count). The predicted molar refractivity (Wildman–Crippen MR) is 72.0 cm³/mol. The second-order valence-electron chi connectivity index (χ2n) is 3.95. The zero-order chi connectivity index (χ0) is 14.4. The fourth-order valence-corrected chi connectivity index (χ4v) is 1.50. The van der Waals surface area contributed by atoms with Gasteiger partial charge in [0.2, 0.25) is 0 Å².